The minimum Gasteiger partial charge on any atom is -0.366 e. The van der Waals surface area contributed by atoms with Crippen molar-refractivity contribution in [3.63, 3.8) is 0 Å². The van der Waals surface area contributed by atoms with Gasteiger partial charge >= 0.3 is 0 Å². The molecular formula is C28H34N6O2. The summed E-state index contributed by atoms with van der Waals surface area (Å²) < 4.78 is 0. The molecule has 0 bridgehead atoms. The summed E-state index contributed by atoms with van der Waals surface area (Å²) >= 11 is 0. The number of amides is 2. The maximum atomic E-state index is 12.8. The molecule has 8 nitrogen and oxygen atoms in total. The van der Waals surface area contributed by atoms with Crippen LogP contribution >= 0.6 is 0 Å². The van der Waals surface area contributed by atoms with Crippen LogP contribution in [0.25, 0.3) is 0 Å². The number of nitrogens with one attached hydrogen (secondary N) is 4. The van der Waals surface area contributed by atoms with Crippen molar-refractivity contribution in [2.24, 2.45) is 21.8 Å². The monoisotopic (exact) mass is 486 g/mol. The third-order valence-corrected chi connectivity index (χ3v) is 7.13. The van der Waals surface area contributed by atoms with Crippen LogP contribution < -0.4 is 21.3 Å². The Kier molecular flexibility index (Phi) is 7.02. The number of carbonyl (C=O) groups is 2. The van der Waals surface area contributed by atoms with E-state index in [4.69, 9.17) is 0 Å². The maximum absolute atomic E-state index is 12.8. The number of amidine groups is 2. The molecule has 36 heavy (non-hydrogen) atoms. The van der Waals surface area contributed by atoms with E-state index in [1.807, 2.05) is 48.5 Å². The van der Waals surface area contributed by atoms with E-state index in [0.29, 0.717) is 37.8 Å². The van der Waals surface area contributed by atoms with Crippen LogP contribution in [0.4, 0.5) is 11.4 Å². The van der Waals surface area contributed by atoms with Crippen molar-refractivity contribution in [3.8, 4) is 0 Å². The predicted molar refractivity (Wildman–Crippen MR) is 144 cm³/mol. The molecule has 2 aromatic carbocycles. The van der Waals surface area contributed by atoms with E-state index in [1.54, 1.807) is 0 Å². The first-order valence-electron chi connectivity index (χ1n) is 12.9. The molecule has 0 aromatic heterocycles. The van der Waals surface area contributed by atoms with Crippen LogP contribution in [-0.4, -0.2) is 48.7 Å². The van der Waals surface area contributed by atoms with E-state index >= 15 is 0 Å². The van der Waals surface area contributed by atoms with Gasteiger partial charge in [0.1, 0.15) is 11.7 Å². The number of hydrogen-bond donors (Lipinski definition) is 4. The van der Waals surface area contributed by atoms with E-state index in [-0.39, 0.29) is 23.7 Å². The third-order valence-electron chi connectivity index (χ3n) is 7.13. The number of carbonyl (C=O) groups excluding carboxylic acids is 2. The molecule has 2 aliphatic heterocycles. The fourth-order valence-corrected chi connectivity index (χ4v) is 4.98. The average molecular weight is 487 g/mol. The Morgan fingerprint density at radius 3 is 1.33 bits per heavy atom. The largest absolute Gasteiger partial charge is 0.366 e. The second kappa shape index (κ2) is 10.5. The Morgan fingerprint density at radius 2 is 1.03 bits per heavy atom. The fraction of sp³-hybridized carbons (Fsp3) is 0.429. The SMILES string of the molecule is CC1CN=C(c2ccc(NC(=O)C3CCC(C(=O)Nc4ccc(C5=NCC(C)N5)cc4)CC3)cc2)N1. The third kappa shape index (κ3) is 5.58. The number of rotatable bonds is 6. The summed E-state index contributed by atoms with van der Waals surface area (Å²) in [5.74, 6) is 1.72. The van der Waals surface area contributed by atoms with E-state index in [9.17, 15) is 9.59 Å². The molecule has 1 aliphatic carbocycles. The minimum absolute atomic E-state index is 0.0277. The van der Waals surface area contributed by atoms with Gasteiger partial charge in [-0.05, 0) is 88.1 Å². The summed E-state index contributed by atoms with van der Waals surface area (Å²) in [6, 6.07) is 16.3. The van der Waals surface area contributed by atoms with E-state index < -0.39 is 0 Å². The second-order valence-corrected chi connectivity index (χ2v) is 10.2. The van der Waals surface area contributed by atoms with Gasteiger partial charge in [-0.3, -0.25) is 19.6 Å². The lowest BCUT2D eigenvalue weighted by atomic mass is 9.81. The van der Waals surface area contributed by atoms with Crippen molar-refractivity contribution in [2.45, 2.75) is 51.6 Å². The summed E-state index contributed by atoms with van der Waals surface area (Å²) in [5, 5.41) is 12.8. The van der Waals surface area contributed by atoms with E-state index in [1.165, 1.54) is 0 Å². The topological polar surface area (TPSA) is 107 Å². The zero-order chi connectivity index (χ0) is 25.1. The van der Waals surface area contributed by atoms with E-state index in [0.717, 1.165) is 47.3 Å². The molecule has 0 radical (unpaired) electrons. The summed E-state index contributed by atoms with van der Waals surface area (Å²) in [4.78, 5) is 34.6. The molecule has 4 N–H and O–H groups in total. The summed E-state index contributed by atoms with van der Waals surface area (Å²) in [5.41, 5.74) is 3.62. The van der Waals surface area contributed by atoms with Crippen LogP contribution in [0.5, 0.6) is 0 Å². The standard InChI is InChI=1S/C28H34N6O2/c1-17-15-29-25(31-17)19-7-11-23(12-8-19)33-27(35)21-3-5-22(6-4-21)28(36)34-24-13-9-20(10-14-24)26-30-16-18(2)32-26/h7-14,17-18,21-22H,3-6,15-16H2,1-2H3,(H,29,31)(H,30,32)(H,33,35)(H,34,36). The number of aliphatic imine (C=N–C) groups is 2. The Bertz CT molecular complexity index is 1070. The molecule has 3 aliphatic rings. The highest BCUT2D eigenvalue weighted by Crippen LogP contribution is 2.31. The first-order chi connectivity index (χ1) is 17.4. The molecule has 2 amide bonds. The van der Waals surface area contributed by atoms with Gasteiger partial charge in [-0.1, -0.05) is 0 Å². The first kappa shape index (κ1) is 24.0. The molecule has 2 atom stereocenters. The van der Waals surface area contributed by atoms with Crippen LogP contribution in [0.1, 0.15) is 50.7 Å². The van der Waals surface area contributed by atoms with Gasteiger partial charge in [-0.25, -0.2) is 0 Å². The predicted octanol–water partition coefficient (Wildman–Crippen LogP) is 3.55. The Labute approximate surface area is 212 Å². The van der Waals surface area contributed by atoms with Crippen molar-refractivity contribution in [1.82, 2.24) is 10.6 Å². The lowest BCUT2D eigenvalue weighted by Crippen LogP contribution is -2.32. The summed E-state index contributed by atoms with van der Waals surface area (Å²) in [7, 11) is 0. The quantitative estimate of drug-likeness (QED) is 0.501. The minimum atomic E-state index is -0.0724. The van der Waals surface area contributed by atoms with Gasteiger partial charge in [-0.2, -0.15) is 0 Å². The average Bonchev–Trinajstić information content (AvgIpc) is 3.53. The van der Waals surface area contributed by atoms with Crippen molar-refractivity contribution in [1.29, 1.82) is 0 Å². The van der Waals surface area contributed by atoms with Gasteiger partial charge in [-0.15, -0.1) is 0 Å². The van der Waals surface area contributed by atoms with Crippen molar-refractivity contribution >= 4 is 34.9 Å². The van der Waals surface area contributed by atoms with Gasteiger partial charge in [0.05, 0.1) is 13.1 Å². The van der Waals surface area contributed by atoms with E-state index in [2.05, 4.69) is 45.1 Å². The van der Waals surface area contributed by atoms with Crippen molar-refractivity contribution in [2.75, 3.05) is 23.7 Å². The number of nitrogens with zero attached hydrogens (tertiary/aromatic N) is 2. The first-order valence-corrected chi connectivity index (χ1v) is 12.9. The fourth-order valence-electron chi connectivity index (χ4n) is 4.98. The summed E-state index contributed by atoms with van der Waals surface area (Å²) in [6.07, 6.45) is 2.85. The van der Waals surface area contributed by atoms with Gasteiger partial charge in [0, 0.05) is 46.4 Å². The molecule has 1 saturated carbocycles. The smallest absolute Gasteiger partial charge is 0.227 e. The molecular weight excluding hydrogens is 452 g/mol. The highest BCUT2D eigenvalue weighted by molar-refractivity contribution is 6.01. The Hall–Kier alpha value is -3.68. The zero-order valence-electron chi connectivity index (χ0n) is 20.9. The number of anilines is 2. The Balaban J connectivity index is 1.08. The molecule has 5 rings (SSSR count). The van der Waals surface area contributed by atoms with Gasteiger partial charge in [0.15, 0.2) is 0 Å². The molecule has 2 unspecified atom stereocenters. The second-order valence-electron chi connectivity index (χ2n) is 10.2. The van der Waals surface area contributed by atoms with Gasteiger partial charge in [0.2, 0.25) is 11.8 Å². The van der Waals surface area contributed by atoms with Crippen molar-refractivity contribution in [3.05, 3.63) is 59.7 Å². The van der Waals surface area contributed by atoms with Crippen LogP contribution in [0.15, 0.2) is 58.5 Å². The van der Waals surface area contributed by atoms with Gasteiger partial charge < -0.3 is 21.3 Å². The Morgan fingerprint density at radius 1 is 0.667 bits per heavy atom. The number of benzene rings is 2. The van der Waals surface area contributed by atoms with Gasteiger partial charge in [0.25, 0.3) is 0 Å². The normalized spacial score (nSPS) is 25.3. The molecule has 8 heteroatoms. The lowest BCUT2D eigenvalue weighted by molar-refractivity contribution is -0.125. The van der Waals surface area contributed by atoms with Crippen LogP contribution in [0.2, 0.25) is 0 Å². The van der Waals surface area contributed by atoms with Crippen LogP contribution in [0, 0.1) is 11.8 Å². The van der Waals surface area contributed by atoms with Crippen molar-refractivity contribution < 1.29 is 9.59 Å². The molecule has 2 aromatic rings. The molecule has 2 heterocycles. The molecule has 1 fully saturated rings. The maximum Gasteiger partial charge on any atom is 0.227 e. The van der Waals surface area contributed by atoms with Crippen LogP contribution in [0.3, 0.4) is 0 Å². The highest BCUT2D eigenvalue weighted by Gasteiger charge is 2.30. The zero-order valence-corrected chi connectivity index (χ0v) is 20.9. The lowest BCUT2D eigenvalue weighted by Gasteiger charge is -2.27. The molecule has 188 valence electrons. The number of hydrogen-bond acceptors (Lipinski definition) is 6. The van der Waals surface area contributed by atoms with Crippen LogP contribution in [-0.2, 0) is 9.59 Å². The molecule has 0 saturated heterocycles. The molecule has 0 spiro atoms. The highest BCUT2D eigenvalue weighted by atomic mass is 16.2. The summed E-state index contributed by atoms with van der Waals surface area (Å²) in [6.45, 7) is 5.78.